The van der Waals surface area contributed by atoms with E-state index < -0.39 is 12.1 Å². The second kappa shape index (κ2) is 7.71. The number of carbonyl (C=O) groups excluding carboxylic acids is 1. The second-order valence-corrected chi connectivity index (χ2v) is 5.92. The van der Waals surface area contributed by atoms with Gasteiger partial charge in [-0.3, -0.25) is 0 Å². The van der Waals surface area contributed by atoms with Crippen LogP contribution >= 0.6 is 11.3 Å². The molecule has 128 valence electrons. The highest BCUT2D eigenvalue weighted by atomic mass is 32.1. The molecule has 1 aromatic carbocycles. The Hall–Kier alpha value is -3.00. The molecule has 3 aromatic rings. The lowest BCUT2D eigenvalue weighted by Crippen LogP contribution is -2.10. The Labute approximate surface area is 148 Å². The van der Waals surface area contributed by atoms with Crippen molar-refractivity contribution in [2.24, 2.45) is 0 Å². The maximum Gasteiger partial charge on any atom is 0.358 e. The predicted molar refractivity (Wildman–Crippen MR) is 94.4 cm³/mol. The van der Waals surface area contributed by atoms with Crippen molar-refractivity contribution in [3.8, 4) is 11.5 Å². The number of rotatable bonds is 7. The third kappa shape index (κ3) is 4.10. The standard InChI is InChI=1S/C17H16N4O3S/c1-3-9-18-17-19-13(10-25-17)16(22)23-11(2)14-20-21-15(24-14)12-7-5-4-6-8-12/h3-8,10-11H,1,9H2,2H3,(H,18,19)/t11-/m1/s1. The van der Waals surface area contributed by atoms with Crippen LogP contribution in [-0.2, 0) is 4.74 Å². The Morgan fingerprint density at radius 1 is 1.40 bits per heavy atom. The summed E-state index contributed by atoms with van der Waals surface area (Å²) in [6, 6.07) is 9.38. The summed E-state index contributed by atoms with van der Waals surface area (Å²) >= 11 is 1.32. The number of nitrogens with one attached hydrogen (secondary N) is 1. The van der Waals surface area contributed by atoms with Gasteiger partial charge in [-0.1, -0.05) is 24.3 Å². The number of anilines is 1. The van der Waals surface area contributed by atoms with Crippen molar-refractivity contribution in [2.75, 3.05) is 11.9 Å². The minimum absolute atomic E-state index is 0.228. The van der Waals surface area contributed by atoms with Crippen LogP contribution in [0.4, 0.5) is 5.13 Å². The Morgan fingerprint density at radius 2 is 2.20 bits per heavy atom. The van der Waals surface area contributed by atoms with Gasteiger partial charge in [0.2, 0.25) is 5.89 Å². The van der Waals surface area contributed by atoms with E-state index in [9.17, 15) is 4.79 Å². The molecule has 0 saturated carbocycles. The lowest BCUT2D eigenvalue weighted by molar-refractivity contribution is 0.0274. The van der Waals surface area contributed by atoms with Crippen molar-refractivity contribution in [2.45, 2.75) is 13.0 Å². The molecule has 0 unspecified atom stereocenters. The van der Waals surface area contributed by atoms with Gasteiger partial charge in [-0.15, -0.1) is 28.1 Å². The van der Waals surface area contributed by atoms with Crippen LogP contribution in [0.1, 0.15) is 29.4 Å². The molecule has 25 heavy (non-hydrogen) atoms. The summed E-state index contributed by atoms with van der Waals surface area (Å²) < 4.78 is 10.9. The summed E-state index contributed by atoms with van der Waals surface area (Å²) in [5.41, 5.74) is 1.03. The van der Waals surface area contributed by atoms with E-state index in [0.29, 0.717) is 17.6 Å². The van der Waals surface area contributed by atoms with Gasteiger partial charge in [0.15, 0.2) is 16.9 Å². The topological polar surface area (TPSA) is 90.1 Å². The van der Waals surface area contributed by atoms with Gasteiger partial charge in [0, 0.05) is 17.5 Å². The fraction of sp³-hybridized carbons (Fsp3) is 0.176. The lowest BCUT2D eigenvalue weighted by atomic mass is 10.2. The molecule has 0 radical (unpaired) electrons. The molecule has 0 spiro atoms. The smallest absolute Gasteiger partial charge is 0.358 e. The fourth-order valence-electron chi connectivity index (χ4n) is 1.98. The molecule has 0 amide bonds. The van der Waals surface area contributed by atoms with Crippen LogP contribution in [0.15, 0.2) is 52.8 Å². The van der Waals surface area contributed by atoms with Gasteiger partial charge in [0.1, 0.15) is 0 Å². The van der Waals surface area contributed by atoms with Gasteiger partial charge in [0.05, 0.1) is 0 Å². The van der Waals surface area contributed by atoms with Crippen LogP contribution in [0.25, 0.3) is 11.5 Å². The zero-order chi connectivity index (χ0) is 17.6. The average Bonchev–Trinajstić information content (AvgIpc) is 3.30. The summed E-state index contributed by atoms with van der Waals surface area (Å²) in [6.45, 7) is 5.86. The zero-order valence-electron chi connectivity index (χ0n) is 13.5. The number of nitrogens with zero attached hydrogens (tertiary/aromatic N) is 3. The lowest BCUT2D eigenvalue weighted by Gasteiger charge is -2.07. The highest BCUT2D eigenvalue weighted by Gasteiger charge is 2.21. The molecule has 0 bridgehead atoms. The van der Waals surface area contributed by atoms with Crippen LogP contribution < -0.4 is 5.32 Å². The Morgan fingerprint density at radius 3 is 2.96 bits per heavy atom. The Balaban J connectivity index is 1.65. The maximum atomic E-state index is 12.2. The second-order valence-electron chi connectivity index (χ2n) is 5.07. The molecule has 3 rings (SSSR count). The van der Waals surface area contributed by atoms with E-state index >= 15 is 0 Å². The minimum atomic E-state index is -0.677. The molecule has 2 aromatic heterocycles. The van der Waals surface area contributed by atoms with Crippen LogP contribution in [0, 0.1) is 0 Å². The molecule has 1 N–H and O–H groups in total. The number of carbonyl (C=O) groups is 1. The molecule has 7 nitrogen and oxygen atoms in total. The third-order valence-corrected chi connectivity index (χ3v) is 4.00. The first kappa shape index (κ1) is 16.8. The molecule has 0 saturated heterocycles. The first-order valence-electron chi connectivity index (χ1n) is 7.57. The first-order valence-corrected chi connectivity index (χ1v) is 8.45. The molecule has 0 aliphatic heterocycles. The van der Waals surface area contributed by atoms with E-state index in [2.05, 4.69) is 27.1 Å². The third-order valence-electron chi connectivity index (χ3n) is 3.20. The van der Waals surface area contributed by atoms with Crippen LogP contribution in [0.2, 0.25) is 0 Å². The summed E-state index contributed by atoms with van der Waals surface area (Å²) in [5.74, 6) is 0.0605. The SMILES string of the molecule is C=CCNc1nc(C(=O)O[C@H](C)c2nnc(-c3ccccc3)o2)cs1. The quantitative estimate of drug-likeness (QED) is 0.510. The van der Waals surface area contributed by atoms with Gasteiger partial charge < -0.3 is 14.5 Å². The number of thiazole rings is 1. The van der Waals surface area contributed by atoms with Crippen molar-refractivity contribution in [3.63, 3.8) is 0 Å². The summed E-state index contributed by atoms with van der Waals surface area (Å²) in [4.78, 5) is 16.3. The van der Waals surface area contributed by atoms with Crippen LogP contribution in [0.3, 0.4) is 0 Å². The number of hydrogen-bond acceptors (Lipinski definition) is 8. The van der Waals surface area contributed by atoms with E-state index in [4.69, 9.17) is 9.15 Å². The molecule has 2 heterocycles. The van der Waals surface area contributed by atoms with Crippen LogP contribution in [-0.4, -0.2) is 27.7 Å². The van der Waals surface area contributed by atoms with Crippen molar-refractivity contribution < 1.29 is 13.9 Å². The van der Waals surface area contributed by atoms with E-state index in [1.54, 1.807) is 18.4 Å². The van der Waals surface area contributed by atoms with Crippen molar-refractivity contribution in [3.05, 3.63) is 60.0 Å². The molecular weight excluding hydrogens is 340 g/mol. The van der Waals surface area contributed by atoms with E-state index in [0.717, 1.165) is 5.56 Å². The number of benzene rings is 1. The minimum Gasteiger partial charge on any atom is -0.448 e. The predicted octanol–water partition coefficient (Wildman–Crippen LogP) is 3.71. The fourth-order valence-corrected chi connectivity index (χ4v) is 2.67. The van der Waals surface area contributed by atoms with E-state index in [-0.39, 0.29) is 11.6 Å². The van der Waals surface area contributed by atoms with Gasteiger partial charge >= 0.3 is 5.97 Å². The van der Waals surface area contributed by atoms with Crippen molar-refractivity contribution >= 4 is 22.4 Å². The van der Waals surface area contributed by atoms with Crippen molar-refractivity contribution in [1.29, 1.82) is 0 Å². The number of aromatic nitrogens is 3. The van der Waals surface area contributed by atoms with Crippen molar-refractivity contribution in [1.82, 2.24) is 15.2 Å². The summed E-state index contributed by atoms with van der Waals surface area (Å²) in [6.07, 6.45) is 1.03. The average molecular weight is 356 g/mol. The van der Waals surface area contributed by atoms with Gasteiger partial charge in [0.25, 0.3) is 5.89 Å². The molecule has 0 aliphatic carbocycles. The van der Waals surface area contributed by atoms with Gasteiger partial charge in [-0.2, -0.15) is 0 Å². The highest BCUT2D eigenvalue weighted by Crippen LogP contribution is 2.23. The molecule has 0 fully saturated rings. The normalized spacial score (nSPS) is 11.7. The molecule has 1 atom stereocenters. The molecule has 0 aliphatic rings. The Bertz CT molecular complexity index is 860. The summed E-state index contributed by atoms with van der Waals surface area (Å²) in [7, 11) is 0. The van der Waals surface area contributed by atoms with Crippen LogP contribution in [0.5, 0.6) is 0 Å². The van der Waals surface area contributed by atoms with Gasteiger partial charge in [-0.05, 0) is 19.1 Å². The largest absolute Gasteiger partial charge is 0.448 e. The Kier molecular flexibility index (Phi) is 5.20. The number of ether oxygens (including phenoxy) is 1. The maximum absolute atomic E-state index is 12.2. The highest BCUT2D eigenvalue weighted by molar-refractivity contribution is 7.13. The first-order chi connectivity index (χ1) is 12.2. The molecular formula is C17H16N4O3S. The number of hydrogen-bond donors (Lipinski definition) is 1. The summed E-state index contributed by atoms with van der Waals surface area (Å²) in [5, 5.41) is 13.2. The molecule has 8 heteroatoms. The van der Waals surface area contributed by atoms with E-state index in [1.165, 1.54) is 11.3 Å². The number of esters is 1. The monoisotopic (exact) mass is 356 g/mol. The van der Waals surface area contributed by atoms with Gasteiger partial charge in [-0.25, -0.2) is 9.78 Å². The zero-order valence-corrected chi connectivity index (χ0v) is 14.3. The van der Waals surface area contributed by atoms with E-state index in [1.807, 2.05) is 30.3 Å².